The van der Waals surface area contributed by atoms with Gasteiger partial charge in [-0.25, -0.2) is 4.98 Å². The highest BCUT2D eigenvalue weighted by molar-refractivity contribution is 9.10. The van der Waals surface area contributed by atoms with Gasteiger partial charge < -0.3 is 4.90 Å². The lowest BCUT2D eigenvalue weighted by atomic mass is 9.93. The molecule has 2 aromatic rings. The maximum Gasteiger partial charge on any atom is 0.255 e. The number of carbonyl (C=O) groups is 1. The number of thiazole rings is 1. The average Bonchev–Trinajstić information content (AvgIpc) is 3.04. The molecule has 0 atom stereocenters. The monoisotopic (exact) mass is 421 g/mol. The Hall–Kier alpha value is -1.24. The van der Waals surface area contributed by atoms with E-state index in [-0.39, 0.29) is 11.3 Å². The summed E-state index contributed by atoms with van der Waals surface area (Å²) < 4.78 is 0.861. The molecule has 6 heteroatoms. The van der Waals surface area contributed by atoms with Crippen molar-refractivity contribution in [2.24, 2.45) is 0 Å². The van der Waals surface area contributed by atoms with Crippen molar-refractivity contribution in [2.75, 3.05) is 26.2 Å². The Kier molecular flexibility index (Phi) is 5.61. The fourth-order valence-electron chi connectivity index (χ4n) is 2.83. The summed E-state index contributed by atoms with van der Waals surface area (Å²) in [5.74, 6) is 0.108. The van der Waals surface area contributed by atoms with Crippen molar-refractivity contribution in [3.63, 3.8) is 0 Å². The van der Waals surface area contributed by atoms with Crippen LogP contribution < -0.4 is 0 Å². The molecule has 1 aliphatic rings. The van der Waals surface area contributed by atoms with Crippen LogP contribution in [-0.4, -0.2) is 46.9 Å². The summed E-state index contributed by atoms with van der Waals surface area (Å²) >= 11 is 5.21. The van der Waals surface area contributed by atoms with Gasteiger partial charge in [-0.05, 0) is 28.1 Å². The maximum absolute atomic E-state index is 12.7. The van der Waals surface area contributed by atoms with Crippen molar-refractivity contribution in [1.82, 2.24) is 14.8 Å². The molecule has 1 aliphatic heterocycles. The lowest BCUT2D eigenvalue weighted by molar-refractivity contribution is 0.0627. The normalized spacial score (nSPS) is 16.2. The van der Waals surface area contributed by atoms with Crippen molar-refractivity contribution in [1.29, 1.82) is 0 Å². The van der Waals surface area contributed by atoms with E-state index in [1.807, 2.05) is 29.2 Å². The van der Waals surface area contributed by atoms with Crippen LogP contribution in [0, 0.1) is 0 Å². The number of piperazine rings is 1. The number of nitrogens with zero attached hydrogens (tertiary/aromatic N) is 3. The van der Waals surface area contributed by atoms with Gasteiger partial charge in [-0.1, -0.05) is 32.9 Å². The average molecular weight is 422 g/mol. The number of halogens is 1. The molecular weight excluding hydrogens is 398 g/mol. The SMILES string of the molecule is CC(C)(C)c1csc(CN2CCN(C(=O)c3ccccc3Br)CC2)n1. The summed E-state index contributed by atoms with van der Waals surface area (Å²) in [6.07, 6.45) is 0. The number of hydrogen-bond acceptors (Lipinski definition) is 4. The summed E-state index contributed by atoms with van der Waals surface area (Å²) in [5, 5.41) is 3.33. The Morgan fingerprint density at radius 3 is 2.48 bits per heavy atom. The highest BCUT2D eigenvalue weighted by Gasteiger charge is 2.24. The van der Waals surface area contributed by atoms with Crippen molar-refractivity contribution in [2.45, 2.75) is 32.7 Å². The Bertz CT molecular complexity index is 745. The molecule has 0 saturated carbocycles. The molecule has 1 aromatic heterocycles. The predicted molar refractivity (Wildman–Crippen MR) is 106 cm³/mol. The van der Waals surface area contributed by atoms with Crippen LogP contribution in [0.5, 0.6) is 0 Å². The molecule has 1 saturated heterocycles. The first-order valence-electron chi connectivity index (χ1n) is 8.55. The Labute approximate surface area is 162 Å². The van der Waals surface area contributed by atoms with Crippen molar-refractivity contribution >= 4 is 33.2 Å². The van der Waals surface area contributed by atoms with Crippen molar-refractivity contribution in [3.05, 3.63) is 50.4 Å². The van der Waals surface area contributed by atoms with Crippen LogP contribution in [-0.2, 0) is 12.0 Å². The summed E-state index contributed by atoms with van der Waals surface area (Å²) in [7, 11) is 0. The molecule has 0 bridgehead atoms. The number of rotatable bonds is 3. The largest absolute Gasteiger partial charge is 0.336 e. The molecule has 0 aliphatic carbocycles. The minimum atomic E-state index is 0.100. The van der Waals surface area contributed by atoms with Gasteiger partial charge >= 0.3 is 0 Å². The Balaban J connectivity index is 1.56. The second kappa shape index (κ2) is 7.56. The van der Waals surface area contributed by atoms with Crippen molar-refractivity contribution in [3.8, 4) is 0 Å². The maximum atomic E-state index is 12.7. The zero-order chi connectivity index (χ0) is 18.0. The van der Waals surface area contributed by atoms with Gasteiger partial charge in [0.2, 0.25) is 0 Å². The van der Waals surface area contributed by atoms with Crippen LogP contribution in [0.2, 0.25) is 0 Å². The third kappa shape index (κ3) is 4.49. The minimum absolute atomic E-state index is 0.100. The summed E-state index contributed by atoms with van der Waals surface area (Å²) in [5.41, 5.74) is 2.00. The van der Waals surface area contributed by atoms with Gasteiger partial charge in [0.25, 0.3) is 5.91 Å². The van der Waals surface area contributed by atoms with Gasteiger partial charge in [-0.2, -0.15) is 0 Å². The summed E-state index contributed by atoms with van der Waals surface area (Å²) in [4.78, 5) is 21.8. The lowest BCUT2D eigenvalue weighted by Crippen LogP contribution is -2.48. The van der Waals surface area contributed by atoms with Crippen LogP contribution in [0.1, 0.15) is 41.8 Å². The third-order valence-electron chi connectivity index (χ3n) is 4.44. The highest BCUT2D eigenvalue weighted by atomic mass is 79.9. The first-order chi connectivity index (χ1) is 11.8. The molecule has 0 spiro atoms. The molecule has 0 radical (unpaired) electrons. The lowest BCUT2D eigenvalue weighted by Gasteiger charge is -2.34. The molecule has 4 nitrogen and oxygen atoms in total. The second-order valence-electron chi connectivity index (χ2n) is 7.42. The van der Waals surface area contributed by atoms with Crippen LogP contribution in [0.15, 0.2) is 34.1 Å². The molecule has 1 amide bonds. The molecule has 3 rings (SSSR count). The zero-order valence-electron chi connectivity index (χ0n) is 15.0. The number of benzene rings is 1. The van der Waals surface area contributed by atoms with E-state index in [0.29, 0.717) is 0 Å². The zero-order valence-corrected chi connectivity index (χ0v) is 17.4. The van der Waals surface area contributed by atoms with Gasteiger partial charge in [0, 0.05) is 41.4 Å². The van der Waals surface area contributed by atoms with E-state index in [1.54, 1.807) is 11.3 Å². The van der Waals surface area contributed by atoms with Gasteiger partial charge in [-0.15, -0.1) is 11.3 Å². The predicted octanol–water partition coefficient (Wildman–Crippen LogP) is 4.16. The quantitative estimate of drug-likeness (QED) is 0.746. The molecule has 0 unspecified atom stereocenters. The van der Waals surface area contributed by atoms with E-state index < -0.39 is 0 Å². The van der Waals surface area contributed by atoms with Crippen LogP contribution in [0.25, 0.3) is 0 Å². The van der Waals surface area contributed by atoms with E-state index in [4.69, 9.17) is 4.98 Å². The first-order valence-corrected chi connectivity index (χ1v) is 10.2. The number of carbonyl (C=O) groups excluding carboxylic acids is 1. The molecule has 2 heterocycles. The minimum Gasteiger partial charge on any atom is -0.336 e. The molecule has 134 valence electrons. The first kappa shape index (κ1) is 18.5. The fourth-order valence-corrected chi connectivity index (χ4v) is 4.35. The van der Waals surface area contributed by atoms with E-state index >= 15 is 0 Å². The topological polar surface area (TPSA) is 36.4 Å². The van der Waals surface area contributed by atoms with Gasteiger partial charge in [0.15, 0.2) is 0 Å². The second-order valence-corrected chi connectivity index (χ2v) is 9.22. The van der Waals surface area contributed by atoms with Crippen LogP contribution >= 0.6 is 27.3 Å². The third-order valence-corrected chi connectivity index (χ3v) is 5.97. The molecule has 1 aromatic carbocycles. The van der Waals surface area contributed by atoms with E-state index in [1.165, 1.54) is 0 Å². The molecule has 0 N–H and O–H groups in total. The Morgan fingerprint density at radius 2 is 1.88 bits per heavy atom. The van der Waals surface area contributed by atoms with Gasteiger partial charge in [-0.3, -0.25) is 9.69 Å². The summed E-state index contributed by atoms with van der Waals surface area (Å²) in [6, 6.07) is 7.63. The molecule has 1 fully saturated rings. The van der Waals surface area contributed by atoms with E-state index in [2.05, 4.69) is 47.0 Å². The van der Waals surface area contributed by atoms with Gasteiger partial charge in [0.05, 0.1) is 17.8 Å². The van der Waals surface area contributed by atoms with Crippen LogP contribution in [0.4, 0.5) is 0 Å². The fraction of sp³-hybridized carbons (Fsp3) is 0.474. The van der Waals surface area contributed by atoms with E-state index in [9.17, 15) is 4.79 Å². The van der Waals surface area contributed by atoms with Crippen molar-refractivity contribution < 1.29 is 4.79 Å². The smallest absolute Gasteiger partial charge is 0.255 e. The molecular formula is C19H24BrN3OS. The van der Waals surface area contributed by atoms with E-state index in [0.717, 1.165) is 53.5 Å². The number of amides is 1. The van der Waals surface area contributed by atoms with Gasteiger partial charge in [0.1, 0.15) is 5.01 Å². The number of aromatic nitrogens is 1. The Morgan fingerprint density at radius 1 is 1.20 bits per heavy atom. The molecule has 25 heavy (non-hydrogen) atoms. The summed E-state index contributed by atoms with van der Waals surface area (Å²) in [6.45, 7) is 10.8. The highest BCUT2D eigenvalue weighted by Crippen LogP contribution is 2.25. The van der Waals surface area contributed by atoms with Crippen LogP contribution in [0.3, 0.4) is 0 Å². The standard InChI is InChI=1S/C19H24BrN3OS/c1-19(2,3)16-13-25-17(21-16)12-22-8-10-23(11-9-22)18(24)14-6-4-5-7-15(14)20/h4-7,13H,8-12H2,1-3H3. The number of hydrogen-bond donors (Lipinski definition) is 0.